The predicted octanol–water partition coefficient (Wildman–Crippen LogP) is 4.91. The van der Waals surface area contributed by atoms with Crippen LogP contribution in [-0.4, -0.2) is 16.1 Å². The molecule has 0 bridgehead atoms. The first-order valence-corrected chi connectivity index (χ1v) is 7.53. The normalized spacial score (nSPS) is 10.7. The molecule has 2 aromatic carbocycles. The summed E-state index contributed by atoms with van der Waals surface area (Å²) in [4.78, 5) is 11.4. The van der Waals surface area contributed by atoms with Crippen molar-refractivity contribution in [2.75, 3.05) is 0 Å². The Hall–Kier alpha value is -1.98. The highest BCUT2D eigenvalue weighted by atomic mass is 79.9. The van der Waals surface area contributed by atoms with Gasteiger partial charge in [-0.1, -0.05) is 35.9 Å². The molecule has 0 radical (unpaired) electrons. The molecule has 0 amide bonds. The first-order chi connectivity index (χ1) is 10.6. The number of carbonyl (C=O) groups excluding carboxylic acids is 1. The molecule has 0 unspecified atom stereocenters. The van der Waals surface area contributed by atoms with E-state index in [1.165, 1.54) is 16.8 Å². The Morgan fingerprint density at radius 3 is 2.64 bits per heavy atom. The summed E-state index contributed by atoms with van der Waals surface area (Å²) in [6.07, 6.45) is 0.685. The molecule has 0 atom stereocenters. The van der Waals surface area contributed by atoms with E-state index in [9.17, 15) is 9.18 Å². The topological polar surface area (TPSA) is 34.9 Å². The molecule has 0 saturated carbocycles. The van der Waals surface area contributed by atoms with Gasteiger partial charge in [-0.3, -0.25) is 4.79 Å². The Morgan fingerprint density at radius 1 is 1.18 bits per heavy atom. The molecule has 0 aliphatic heterocycles. The zero-order valence-electron chi connectivity index (χ0n) is 11.1. The Kier molecular flexibility index (Phi) is 4.09. The van der Waals surface area contributed by atoms with Crippen LogP contribution in [0.4, 0.5) is 4.39 Å². The van der Waals surface area contributed by atoms with Gasteiger partial charge in [-0.25, -0.2) is 9.07 Å². The van der Waals surface area contributed by atoms with Crippen molar-refractivity contribution in [3.05, 3.63) is 69.5 Å². The van der Waals surface area contributed by atoms with Crippen LogP contribution in [0.2, 0.25) is 5.02 Å². The number of carbonyl (C=O) groups is 1. The molecule has 0 aliphatic rings. The SMILES string of the molecule is O=Cc1c(-c2cccc(F)c2)nn(-c2ccccc2Cl)c1Br. The summed E-state index contributed by atoms with van der Waals surface area (Å²) in [6.45, 7) is 0. The fraction of sp³-hybridized carbons (Fsp3) is 0. The van der Waals surface area contributed by atoms with Crippen LogP contribution in [0, 0.1) is 5.82 Å². The second kappa shape index (κ2) is 6.02. The van der Waals surface area contributed by atoms with Crippen LogP contribution in [0.5, 0.6) is 0 Å². The van der Waals surface area contributed by atoms with Gasteiger partial charge in [0.1, 0.15) is 16.1 Å². The lowest BCUT2D eigenvalue weighted by atomic mass is 10.1. The lowest BCUT2D eigenvalue weighted by Gasteiger charge is -2.05. The number of para-hydroxylation sites is 1. The minimum absolute atomic E-state index is 0.338. The molecule has 1 aromatic heterocycles. The second-order valence-electron chi connectivity index (χ2n) is 4.54. The summed E-state index contributed by atoms with van der Waals surface area (Å²) >= 11 is 9.54. The van der Waals surface area contributed by atoms with E-state index < -0.39 is 5.82 Å². The molecule has 110 valence electrons. The molecule has 0 aliphatic carbocycles. The van der Waals surface area contributed by atoms with E-state index in [4.69, 9.17) is 11.6 Å². The van der Waals surface area contributed by atoms with Crippen LogP contribution in [-0.2, 0) is 0 Å². The van der Waals surface area contributed by atoms with Gasteiger partial charge in [-0.05, 0) is 40.2 Å². The van der Waals surface area contributed by atoms with Gasteiger partial charge >= 0.3 is 0 Å². The molecule has 0 spiro atoms. The van der Waals surface area contributed by atoms with Gasteiger partial charge in [0, 0.05) is 5.56 Å². The van der Waals surface area contributed by atoms with Crippen LogP contribution < -0.4 is 0 Å². The molecule has 3 rings (SSSR count). The Bertz CT molecular complexity index is 863. The Labute approximate surface area is 139 Å². The predicted molar refractivity (Wildman–Crippen MR) is 87.1 cm³/mol. The number of aromatic nitrogens is 2. The summed E-state index contributed by atoms with van der Waals surface area (Å²) < 4.78 is 15.4. The van der Waals surface area contributed by atoms with Crippen molar-refractivity contribution in [2.45, 2.75) is 0 Å². The number of halogens is 3. The fourth-order valence-electron chi connectivity index (χ4n) is 2.15. The van der Waals surface area contributed by atoms with Gasteiger partial charge in [0.2, 0.25) is 0 Å². The number of nitrogens with zero attached hydrogens (tertiary/aromatic N) is 2. The van der Waals surface area contributed by atoms with Crippen molar-refractivity contribution in [3.63, 3.8) is 0 Å². The van der Waals surface area contributed by atoms with E-state index in [0.29, 0.717) is 38.4 Å². The van der Waals surface area contributed by atoms with Gasteiger partial charge < -0.3 is 0 Å². The zero-order valence-corrected chi connectivity index (χ0v) is 13.5. The van der Waals surface area contributed by atoms with E-state index in [-0.39, 0.29) is 0 Å². The average molecular weight is 380 g/mol. The van der Waals surface area contributed by atoms with Crippen LogP contribution in [0.15, 0.2) is 53.1 Å². The van der Waals surface area contributed by atoms with E-state index in [1.54, 1.807) is 30.3 Å². The van der Waals surface area contributed by atoms with Crippen molar-refractivity contribution in [3.8, 4) is 16.9 Å². The summed E-state index contributed by atoms with van der Waals surface area (Å²) in [6, 6.07) is 13.1. The molecule has 0 N–H and O–H groups in total. The highest BCUT2D eigenvalue weighted by molar-refractivity contribution is 9.10. The highest BCUT2D eigenvalue weighted by Crippen LogP contribution is 2.32. The average Bonchev–Trinajstić information content (AvgIpc) is 2.84. The maximum atomic E-state index is 13.4. The van der Waals surface area contributed by atoms with Crippen molar-refractivity contribution < 1.29 is 9.18 Å². The lowest BCUT2D eigenvalue weighted by Crippen LogP contribution is -1.97. The van der Waals surface area contributed by atoms with Gasteiger partial charge in [0.05, 0.1) is 16.3 Å². The smallest absolute Gasteiger partial charge is 0.155 e. The van der Waals surface area contributed by atoms with Crippen LogP contribution in [0.1, 0.15) is 10.4 Å². The third-order valence-corrected chi connectivity index (χ3v) is 4.24. The number of benzene rings is 2. The highest BCUT2D eigenvalue weighted by Gasteiger charge is 2.19. The van der Waals surface area contributed by atoms with Crippen LogP contribution in [0.25, 0.3) is 16.9 Å². The van der Waals surface area contributed by atoms with Gasteiger partial charge in [-0.15, -0.1) is 0 Å². The van der Waals surface area contributed by atoms with E-state index in [2.05, 4.69) is 21.0 Å². The largest absolute Gasteiger partial charge is 0.298 e. The fourth-order valence-corrected chi connectivity index (χ4v) is 2.91. The first-order valence-electron chi connectivity index (χ1n) is 6.36. The van der Waals surface area contributed by atoms with Crippen molar-refractivity contribution in [1.82, 2.24) is 9.78 Å². The van der Waals surface area contributed by atoms with Gasteiger partial charge in [-0.2, -0.15) is 5.10 Å². The zero-order chi connectivity index (χ0) is 15.7. The van der Waals surface area contributed by atoms with E-state index in [1.807, 2.05) is 6.07 Å². The van der Waals surface area contributed by atoms with Crippen molar-refractivity contribution >= 4 is 33.8 Å². The molecule has 0 fully saturated rings. The maximum absolute atomic E-state index is 13.4. The Morgan fingerprint density at radius 2 is 1.95 bits per heavy atom. The molecular weight excluding hydrogens is 371 g/mol. The lowest BCUT2D eigenvalue weighted by molar-refractivity contribution is 0.112. The second-order valence-corrected chi connectivity index (χ2v) is 5.70. The molecule has 6 heteroatoms. The molecule has 1 heterocycles. The minimum Gasteiger partial charge on any atom is -0.298 e. The van der Waals surface area contributed by atoms with E-state index in [0.717, 1.165) is 0 Å². The molecular formula is C16H9BrClFN2O. The summed E-state index contributed by atoms with van der Waals surface area (Å²) in [5, 5.41) is 4.90. The summed E-state index contributed by atoms with van der Waals surface area (Å²) in [5.74, 6) is -0.391. The summed E-state index contributed by atoms with van der Waals surface area (Å²) in [7, 11) is 0. The standard InChI is InChI=1S/C16H9BrClFN2O/c17-16-12(9-22)15(10-4-3-5-11(19)8-10)20-21(16)14-7-2-1-6-13(14)18/h1-9H. The first kappa shape index (κ1) is 14.9. The van der Waals surface area contributed by atoms with Crippen LogP contribution in [0.3, 0.4) is 0 Å². The Balaban J connectivity index is 2.24. The number of aldehydes is 1. The molecule has 3 aromatic rings. The van der Waals surface area contributed by atoms with Gasteiger partial charge in [0.25, 0.3) is 0 Å². The van der Waals surface area contributed by atoms with Crippen molar-refractivity contribution in [1.29, 1.82) is 0 Å². The number of hydrogen-bond donors (Lipinski definition) is 0. The molecule has 3 nitrogen and oxygen atoms in total. The monoisotopic (exact) mass is 378 g/mol. The van der Waals surface area contributed by atoms with Crippen molar-refractivity contribution in [2.24, 2.45) is 0 Å². The van der Waals surface area contributed by atoms with E-state index >= 15 is 0 Å². The molecule has 22 heavy (non-hydrogen) atoms. The van der Waals surface area contributed by atoms with Crippen LogP contribution >= 0.6 is 27.5 Å². The summed E-state index contributed by atoms with van der Waals surface area (Å²) in [5.41, 5.74) is 1.88. The maximum Gasteiger partial charge on any atom is 0.155 e. The van der Waals surface area contributed by atoms with Gasteiger partial charge in [0.15, 0.2) is 6.29 Å². The number of hydrogen-bond acceptors (Lipinski definition) is 2. The third kappa shape index (κ3) is 2.58. The number of rotatable bonds is 3. The quantitative estimate of drug-likeness (QED) is 0.606. The molecule has 0 saturated heterocycles. The minimum atomic E-state index is -0.391. The third-order valence-electron chi connectivity index (χ3n) is 3.16.